The van der Waals surface area contributed by atoms with Crippen molar-refractivity contribution < 1.29 is 9.21 Å². The number of hydrogen-bond donors (Lipinski definition) is 1. The maximum atomic E-state index is 12.0. The summed E-state index contributed by atoms with van der Waals surface area (Å²) in [7, 11) is 0. The fourth-order valence-electron chi connectivity index (χ4n) is 2.74. The van der Waals surface area contributed by atoms with E-state index in [1.165, 1.54) is 24.6 Å². The second-order valence-corrected chi connectivity index (χ2v) is 5.55. The summed E-state index contributed by atoms with van der Waals surface area (Å²) in [5, 5.41) is 11.0. The summed E-state index contributed by atoms with van der Waals surface area (Å²) in [5.41, 5.74) is 0. The SMILES string of the molecule is CSc1nnc(C(=O)NC2CN3CCC2CC3)o1. The van der Waals surface area contributed by atoms with Gasteiger partial charge in [0.2, 0.25) is 0 Å². The van der Waals surface area contributed by atoms with Gasteiger partial charge in [-0.2, -0.15) is 0 Å². The number of carbonyl (C=O) groups excluding carboxylic acids is 1. The number of thioether (sulfide) groups is 1. The Morgan fingerprint density at radius 3 is 2.78 bits per heavy atom. The monoisotopic (exact) mass is 268 g/mol. The van der Waals surface area contributed by atoms with Gasteiger partial charge in [0, 0.05) is 12.6 Å². The highest BCUT2D eigenvalue weighted by atomic mass is 32.2. The van der Waals surface area contributed by atoms with Crippen molar-refractivity contribution in [1.29, 1.82) is 0 Å². The van der Waals surface area contributed by atoms with E-state index in [2.05, 4.69) is 20.4 Å². The van der Waals surface area contributed by atoms with E-state index in [-0.39, 0.29) is 17.8 Å². The molecule has 3 fully saturated rings. The zero-order valence-corrected chi connectivity index (χ0v) is 11.1. The predicted molar refractivity (Wildman–Crippen MR) is 66.5 cm³/mol. The number of rotatable bonds is 3. The van der Waals surface area contributed by atoms with Crippen LogP contribution in [0.2, 0.25) is 0 Å². The summed E-state index contributed by atoms with van der Waals surface area (Å²) >= 11 is 1.34. The van der Waals surface area contributed by atoms with E-state index in [9.17, 15) is 4.79 Å². The smallest absolute Gasteiger partial charge is 0.309 e. The first-order valence-electron chi connectivity index (χ1n) is 6.17. The third-order valence-corrected chi connectivity index (χ3v) is 4.26. The van der Waals surface area contributed by atoms with Crippen molar-refractivity contribution in [1.82, 2.24) is 20.4 Å². The van der Waals surface area contributed by atoms with Crippen molar-refractivity contribution in [2.45, 2.75) is 24.1 Å². The summed E-state index contributed by atoms with van der Waals surface area (Å²) in [6.07, 6.45) is 4.18. The van der Waals surface area contributed by atoms with Crippen LogP contribution in [0.25, 0.3) is 0 Å². The van der Waals surface area contributed by atoms with Gasteiger partial charge in [-0.3, -0.25) is 4.79 Å². The summed E-state index contributed by atoms with van der Waals surface area (Å²) in [6.45, 7) is 3.27. The molecule has 0 spiro atoms. The summed E-state index contributed by atoms with van der Waals surface area (Å²) in [6, 6.07) is 0.227. The quantitative estimate of drug-likeness (QED) is 0.810. The maximum absolute atomic E-state index is 12.0. The van der Waals surface area contributed by atoms with Crippen molar-refractivity contribution in [3.05, 3.63) is 5.89 Å². The lowest BCUT2D eigenvalue weighted by atomic mass is 9.84. The minimum atomic E-state index is -0.249. The van der Waals surface area contributed by atoms with E-state index in [4.69, 9.17) is 4.42 Å². The molecule has 1 aromatic heterocycles. The highest BCUT2D eigenvalue weighted by Crippen LogP contribution is 2.27. The van der Waals surface area contributed by atoms with Crippen LogP contribution in [0.4, 0.5) is 0 Å². The molecule has 18 heavy (non-hydrogen) atoms. The van der Waals surface area contributed by atoms with Crippen molar-refractivity contribution in [3.63, 3.8) is 0 Å². The molecular weight excluding hydrogens is 252 g/mol. The van der Waals surface area contributed by atoms with E-state index < -0.39 is 0 Å². The number of amides is 1. The van der Waals surface area contributed by atoms with Gasteiger partial charge in [0.25, 0.3) is 5.22 Å². The van der Waals surface area contributed by atoms with Crippen LogP contribution < -0.4 is 5.32 Å². The largest absolute Gasteiger partial charge is 0.407 e. The highest BCUT2D eigenvalue weighted by molar-refractivity contribution is 7.98. The first-order chi connectivity index (χ1) is 8.76. The van der Waals surface area contributed by atoms with Gasteiger partial charge >= 0.3 is 11.8 Å². The Morgan fingerprint density at radius 2 is 2.22 bits per heavy atom. The van der Waals surface area contributed by atoms with Crippen molar-refractivity contribution in [3.8, 4) is 0 Å². The Morgan fingerprint density at radius 1 is 1.44 bits per heavy atom. The van der Waals surface area contributed by atoms with Crippen LogP contribution >= 0.6 is 11.8 Å². The molecule has 0 saturated carbocycles. The summed E-state index contributed by atoms with van der Waals surface area (Å²) in [4.78, 5) is 14.4. The van der Waals surface area contributed by atoms with Crippen LogP contribution in [-0.2, 0) is 0 Å². The average Bonchev–Trinajstić information content (AvgIpc) is 2.89. The van der Waals surface area contributed by atoms with Gasteiger partial charge in [-0.25, -0.2) is 0 Å². The van der Waals surface area contributed by atoms with Crippen molar-refractivity contribution in [2.75, 3.05) is 25.9 Å². The van der Waals surface area contributed by atoms with Crippen LogP contribution in [0.1, 0.15) is 23.5 Å². The van der Waals surface area contributed by atoms with E-state index in [0.29, 0.717) is 11.1 Å². The molecule has 98 valence electrons. The molecule has 7 heteroatoms. The molecule has 0 aromatic carbocycles. The minimum absolute atomic E-state index is 0.0656. The fraction of sp³-hybridized carbons (Fsp3) is 0.727. The number of nitrogens with one attached hydrogen (secondary N) is 1. The molecule has 0 radical (unpaired) electrons. The number of fused-ring (bicyclic) bond motifs is 3. The molecule has 1 amide bonds. The zero-order valence-electron chi connectivity index (χ0n) is 10.3. The molecule has 1 unspecified atom stereocenters. The lowest BCUT2D eigenvalue weighted by Crippen LogP contribution is -2.57. The Hall–Kier alpha value is -1.08. The Labute approximate surface area is 110 Å². The summed E-state index contributed by atoms with van der Waals surface area (Å²) < 4.78 is 5.23. The predicted octanol–water partition coefficient (Wildman–Crippen LogP) is 0.615. The van der Waals surface area contributed by atoms with Crippen LogP contribution in [0, 0.1) is 5.92 Å². The third kappa shape index (κ3) is 2.24. The van der Waals surface area contributed by atoms with Crippen LogP contribution in [0.5, 0.6) is 0 Å². The topological polar surface area (TPSA) is 71.3 Å². The van der Waals surface area contributed by atoms with E-state index >= 15 is 0 Å². The highest BCUT2D eigenvalue weighted by Gasteiger charge is 2.35. The maximum Gasteiger partial charge on any atom is 0.309 e. The van der Waals surface area contributed by atoms with Crippen LogP contribution in [0.15, 0.2) is 9.64 Å². The van der Waals surface area contributed by atoms with Gasteiger partial charge in [0.15, 0.2) is 0 Å². The zero-order chi connectivity index (χ0) is 12.5. The first-order valence-corrected chi connectivity index (χ1v) is 7.39. The number of carbonyl (C=O) groups is 1. The second-order valence-electron chi connectivity index (χ2n) is 4.80. The molecule has 4 heterocycles. The molecule has 6 nitrogen and oxygen atoms in total. The fourth-order valence-corrected chi connectivity index (χ4v) is 3.03. The number of aromatic nitrogens is 2. The van der Waals surface area contributed by atoms with Crippen molar-refractivity contribution in [2.24, 2.45) is 5.92 Å². The van der Waals surface area contributed by atoms with Gasteiger partial charge in [0.1, 0.15) is 0 Å². The molecular formula is C11H16N4O2S. The first kappa shape index (κ1) is 12.0. The number of nitrogens with zero attached hydrogens (tertiary/aromatic N) is 3. The molecule has 0 aliphatic carbocycles. The van der Waals surface area contributed by atoms with E-state index in [1.54, 1.807) is 0 Å². The van der Waals surface area contributed by atoms with Gasteiger partial charge < -0.3 is 14.6 Å². The Bertz CT molecular complexity index is 442. The molecule has 3 aliphatic heterocycles. The van der Waals surface area contributed by atoms with Crippen LogP contribution in [0.3, 0.4) is 0 Å². The Kier molecular flexibility index (Phi) is 3.25. The minimum Gasteiger partial charge on any atom is -0.407 e. The van der Waals surface area contributed by atoms with E-state index in [1.807, 2.05) is 6.26 Å². The standard InChI is InChI=1S/C11H16N4O2S/c1-18-11-14-13-10(17-11)9(16)12-8-6-15-4-2-7(8)3-5-15/h7-8H,2-6H2,1H3,(H,12,16). The Balaban J connectivity index is 1.64. The molecule has 1 N–H and O–H groups in total. The van der Waals surface area contributed by atoms with Crippen LogP contribution in [-0.4, -0.2) is 52.9 Å². The number of hydrogen-bond acceptors (Lipinski definition) is 6. The molecule has 3 aliphatic rings. The molecule has 2 bridgehead atoms. The molecule has 4 rings (SSSR count). The summed E-state index contributed by atoms with van der Waals surface area (Å²) in [5.74, 6) is 0.416. The van der Waals surface area contributed by atoms with Gasteiger partial charge in [-0.05, 0) is 38.1 Å². The van der Waals surface area contributed by atoms with Gasteiger partial charge in [0.05, 0.1) is 0 Å². The molecule has 1 atom stereocenters. The van der Waals surface area contributed by atoms with Gasteiger partial charge in [-0.1, -0.05) is 11.8 Å². The molecule has 3 saturated heterocycles. The van der Waals surface area contributed by atoms with Gasteiger partial charge in [-0.15, -0.1) is 10.2 Å². The lowest BCUT2D eigenvalue weighted by Gasteiger charge is -2.44. The van der Waals surface area contributed by atoms with Crippen molar-refractivity contribution >= 4 is 17.7 Å². The molecule has 1 aromatic rings. The number of piperidine rings is 3. The third-order valence-electron chi connectivity index (χ3n) is 3.75. The van der Waals surface area contributed by atoms with E-state index in [0.717, 1.165) is 19.6 Å². The average molecular weight is 268 g/mol. The normalized spacial score (nSPS) is 30.4. The lowest BCUT2D eigenvalue weighted by molar-refractivity contribution is 0.0599. The second kappa shape index (κ2) is 4.89.